The molecule has 4 aromatic rings. The second-order valence-electron chi connectivity index (χ2n) is 7.18. The summed E-state index contributed by atoms with van der Waals surface area (Å²) in [5.41, 5.74) is 3.67. The molecule has 1 heterocycles. The van der Waals surface area contributed by atoms with Gasteiger partial charge < -0.3 is 4.74 Å². The second kappa shape index (κ2) is 10.6. The van der Waals surface area contributed by atoms with E-state index in [0.717, 1.165) is 22.6 Å². The maximum absolute atomic E-state index is 9.34. The van der Waals surface area contributed by atoms with E-state index >= 15 is 0 Å². The van der Waals surface area contributed by atoms with Gasteiger partial charge in [-0.3, -0.25) is 10.3 Å². The first kappa shape index (κ1) is 23.7. The third-order valence-electron chi connectivity index (χ3n) is 4.98. The van der Waals surface area contributed by atoms with Crippen LogP contribution >= 0.6 is 34.8 Å². The Bertz CT molecular complexity index is 1370. The molecule has 0 saturated carbocycles. The minimum absolute atomic E-state index is 0.331. The van der Waals surface area contributed by atoms with Crippen molar-refractivity contribution in [3.8, 4) is 28.9 Å². The third-order valence-corrected chi connectivity index (χ3v) is 5.77. The molecule has 0 aliphatic carbocycles. The third kappa shape index (κ3) is 5.35. The first-order valence-electron chi connectivity index (χ1n) is 10.1. The van der Waals surface area contributed by atoms with Crippen molar-refractivity contribution in [3.05, 3.63) is 99.1 Å². The maximum atomic E-state index is 9.34. The Kier molecular flexibility index (Phi) is 7.39. The van der Waals surface area contributed by atoms with Crippen LogP contribution in [0.4, 0.5) is 0 Å². The van der Waals surface area contributed by atoms with Crippen molar-refractivity contribution in [3.63, 3.8) is 0 Å². The van der Waals surface area contributed by atoms with Crippen LogP contribution in [0, 0.1) is 11.5 Å². The lowest BCUT2D eigenvalue weighted by Gasteiger charge is -2.10. The van der Waals surface area contributed by atoms with Crippen LogP contribution < -0.4 is 10.1 Å². The van der Waals surface area contributed by atoms with E-state index in [1.165, 1.54) is 0 Å². The number of aliphatic imine (C=N–C) groups is 1. The summed E-state index contributed by atoms with van der Waals surface area (Å²) in [4.78, 5) is 4.59. The van der Waals surface area contributed by atoms with Gasteiger partial charge in [0.25, 0.3) is 0 Å². The molecule has 0 fully saturated rings. The van der Waals surface area contributed by atoms with Gasteiger partial charge in [0.2, 0.25) is 0 Å². The Morgan fingerprint density at radius 2 is 1.71 bits per heavy atom. The average Bonchev–Trinajstić information content (AvgIpc) is 3.27. The van der Waals surface area contributed by atoms with Crippen molar-refractivity contribution in [2.24, 2.45) is 4.99 Å². The Hall–Kier alpha value is -3.50. The predicted molar refractivity (Wildman–Crippen MR) is 136 cm³/mol. The fourth-order valence-corrected chi connectivity index (χ4v) is 3.91. The van der Waals surface area contributed by atoms with Crippen LogP contribution in [0.1, 0.15) is 11.3 Å². The summed E-state index contributed by atoms with van der Waals surface area (Å²) < 4.78 is 6.89. The maximum Gasteiger partial charge on any atom is 0.182 e. The minimum atomic E-state index is 0.331. The molecule has 0 saturated heterocycles. The average molecular weight is 511 g/mol. The van der Waals surface area contributed by atoms with Crippen molar-refractivity contribution in [1.82, 2.24) is 15.1 Å². The molecule has 3 aromatic carbocycles. The van der Waals surface area contributed by atoms with Gasteiger partial charge in [-0.2, -0.15) is 10.4 Å². The zero-order valence-electron chi connectivity index (χ0n) is 18.0. The molecule has 9 heteroatoms. The van der Waals surface area contributed by atoms with E-state index in [0.29, 0.717) is 38.8 Å². The summed E-state index contributed by atoms with van der Waals surface area (Å²) in [6.07, 6.45) is 1.94. The number of methoxy groups -OCH3 is 1. The number of nitrogens with zero attached hydrogens (tertiary/aromatic N) is 4. The fourth-order valence-electron chi connectivity index (χ4n) is 3.30. The van der Waals surface area contributed by atoms with Gasteiger partial charge in [-0.1, -0.05) is 59.1 Å². The number of hydrogen-bond acceptors (Lipinski definition) is 4. The van der Waals surface area contributed by atoms with Crippen molar-refractivity contribution in [2.75, 3.05) is 7.11 Å². The molecule has 0 spiro atoms. The second-order valence-corrected chi connectivity index (χ2v) is 8.46. The van der Waals surface area contributed by atoms with Gasteiger partial charge in [0.1, 0.15) is 11.4 Å². The molecule has 4 rings (SSSR count). The molecule has 0 aliphatic rings. The summed E-state index contributed by atoms with van der Waals surface area (Å²) >= 11 is 18.7. The number of benzene rings is 3. The monoisotopic (exact) mass is 509 g/mol. The Morgan fingerprint density at radius 1 is 1.00 bits per heavy atom. The van der Waals surface area contributed by atoms with E-state index in [1.807, 2.05) is 48.7 Å². The number of ether oxygens (including phenoxy) is 1. The van der Waals surface area contributed by atoms with Gasteiger partial charge in [-0.05, 0) is 54.1 Å². The number of nitriles is 1. The quantitative estimate of drug-likeness (QED) is 0.139. The summed E-state index contributed by atoms with van der Waals surface area (Å²) in [6.45, 7) is 0.346. The lowest BCUT2D eigenvalue weighted by Crippen LogP contribution is -2.20. The molecule has 0 amide bonds. The van der Waals surface area contributed by atoms with Crippen LogP contribution in [0.2, 0.25) is 15.1 Å². The molecule has 34 heavy (non-hydrogen) atoms. The van der Waals surface area contributed by atoms with E-state index in [1.54, 1.807) is 42.1 Å². The minimum Gasteiger partial charge on any atom is -0.497 e. The van der Waals surface area contributed by atoms with Crippen LogP contribution in [-0.2, 0) is 6.54 Å². The molecular weight excluding hydrogens is 493 g/mol. The smallest absolute Gasteiger partial charge is 0.182 e. The van der Waals surface area contributed by atoms with E-state index in [2.05, 4.69) is 10.3 Å². The van der Waals surface area contributed by atoms with Crippen molar-refractivity contribution >= 4 is 40.6 Å². The molecule has 0 atom stereocenters. The number of rotatable bonds is 6. The highest BCUT2D eigenvalue weighted by Crippen LogP contribution is 2.30. The van der Waals surface area contributed by atoms with Gasteiger partial charge >= 0.3 is 0 Å². The van der Waals surface area contributed by atoms with Crippen LogP contribution in [0.5, 0.6) is 5.75 Å². The van der Waals surface area contributed by atoms with Gasteiger partial charge in [-0.25, -0.2) is 4.68 Å². The van der Waals surface area contributed by atoms with Gasteiger partial charge in [-0.15, -0.1) is 0 Å². The Labute approximate surface area is 212 Å². The van der Waals surface area contributed by atoms with E-state index < -0.39 is 0 Å². The van der Waals surface area contributed by atoms with Crippen molar-refractivity contribution < 1.29 is 4.74 Å². The summed E-state index contributed by atoms with van der Waals surface area (Å²) in [7, 11) is 1.61. The molecule has 0 aliphatic heterocycles. The molecule has 6 nitrogen and oxygen atoms in total. The summed E-state index contributed by atoms with van der Waals surface area (Å²) in [5.74, 6) is 1.09. The number of halogens is 3. The zero-order chi connectivity index (χ0) is 24.1. The van der Waals surface area contributed by atoms with Crippen molar-refractivity contribution in [2.45, 2.75) is 6.54 Å². The van der Waals surface area contributed by atoms with E-state index in [9.17, 15) is 5.26 Å². The predicted octanol–water partition coefficient (Wildman–Crippen LogP) is 6.53. The number of aromatic nitrogens is 2. The topological polar surface area (TPSA) is 75.2 Å². The fraction of sp³-hybridized carbons (Fsp3) is 0.0800. The number of amidine groups is 1. The Balaban J connectivity index is 1.79. The van der Waals surface area contributed by atoms with Crippen LogP contribution in [0.25, 0.3) is 16.9 Å². The molecule has 0 radical (unpaired) electrons. The lowest BCUT2D eigenvalue weighted by molar-refractivity contribution is 0.414. The lowest BCUT2D eigenvalue weighted by atomic mass is 10.1. The molecule has 170 valence electrons. The first-order chi connectivity index (χ1) is 16.5. The molecule has 0 unspecified atom stereocenters. The van der Waals surface area contributed by atoms with Gasteiger partial charge in [0.05, 0.1) is 30.1 Å². The summed E-state index contributed by atoms with van der Waals surface area (Å²) in [5, 5.41) is 18.3. The molecule has 1 aromatic heterocycles. The molecule has 0 bridgehead atoms. The molecule has 1 N–H and O–H groups in total. The van der Waals surface area contributed by atoms with E-state index in [-0.39, 0.29) is 0 Å². The van der Waals surface area contributed by atoms with Crippen LogP contribution in [0.15, 0.2) is 77.8 Å². The normalized spacial score (nSPS) is 11.2. The molecular formula is C25H18Cl3N5O. The van der Waals surface area contributed by atoms with Crippen LogP contribution in [-0.4, -0.2) is 22.7 Å². The summed E-state index contributed by atoms with van der Waals surface area (Å²) in [6, 6.07) is 21.9. The number of hydrogen-bond donors (Lipinski definition) is 1. The SMILES string of the molecule is COc1ccc(CN=C(NC#N)c2cc(-c3ccc(Cl)cc3)n(-c3ccc(Cl)cc3Cl)n2)cc1. The standard InChI is InChI=1S/C25H18Cl3N5O/c1-34-20-9-2-16(3-10-20)14-30-25(31-15-29)22-13-24(17-4-6-18(26)7-5-17)33(32-22)23-11-8-19(27)12-21(23)28/h2-13H,14H2,1H3,(H,30,31). The highest BCUT2D eigenvalue weighted by Gasteiger charge is 2.17. The van der Waals surface area contributed by atoms with Gasteiger partial charge in [0, 0.05) is 15.6 Å². The van der Waals surface area contributed by atoms with E-state index in [4.69, 9.17) is 44.6 Å². The number of nitrogens with one attached hydrogen (secondary N) is 1. The highest BCUT2D eigenvalue weighted by atomic mass is 35.5. The largest absolute Gasteiger partial charge is 0.497 e. The van der Waals surface area contributed by atoms with Gasteiger partial charge in [0.15, 0.2) is 12.0 Å². The Morgan fingerprint density at radius 3 is 2.35 bits per heavy atom. The highest BCUT2D eigenvalue weighted by molar-refractivity contribution is 6.35. The zero-order valence-corrected chi connectivity index (χ0v) is 20.2. The first-order valence-corrected chi connectivity index (χ1v) is 11.3. The van der Waals surface area contributed by atoms with Crippen molar-refractivity contribution in [1.29, 1.82) is 5.26 Å². The van der Waals surface area contributed by atoms with Crippen LogP contribution in [0.3, 0.4) is 0 Å².